The van der Waals surface area contributed by atoms with Crippen LogP contribution in [0.1, 0.15) is 24.5 Å². The van der Waals surface area contributed by atoms with Crippen LogP contribution in [0.25, 0.3) is 11.6 Å². The van der Waals surface area contributed by atoms with Gasteiger partial charge in [-0.15, -0.1) is 0 Å². The summed E-state index contributed by atoms with van der Waals surface area (Å²) in [6.07, 6.45) is 4.60. The second-order valence-electron chi connectivity index (χ2n) is 8.28. The van der Waals surface area contributed by atoms with E-state index in [1.54, 1.807) is 43.6 Å². The van der Waals surface area contributed by atoms with Gasteiger partial charge in [0.2, 0.25) is 12.4 Å². The molecule has 1 aliphatic heterocycles. The lowest BCUT2D eigenvalue weighted by Crippen LogP contribution is -2.44. The molecule has 1 amide bonds. The fourth-order valence-corrected chi connectivity index (χ4v) is 4.49. The third-order valence-corrected chi connectivity index (χ3v) is 6.26. The van der Waals surface area contributed by atoms with Crippen molar-refractivity contribution < 1.29 is 13.9 Å². The number of hydrogen-bond donors (Lipinski definition) is 2. The van der Waals surface area contributed by atoms with E-state index in [4.69, 9.17) is 27.9 Å². The predicted molar refractivity (Wildman–Crippen MR) is 141 cm³/mol. The highest BCUT2D eigenvalue weighted by atomic mass is 35.5. The second-order valence-corrected chi connectivity index (χ2v) is 9.10. The maximum atomic E-state index is 14.0. The van der Waals surface area contributed by atoms with E-state index in [9.17, 15) is 9.18 Å². The minimum absolute atomic E-state index is 0.243. The summed E-state index contributed by atoms with van der Waals surface area (Å²) in [5.41, 5.74) is 2.08. The van der Waals surface area contributed by atoms with E-state index < -0.39 is 12.3 Å². The quantitative estimate of drug-likeness (QED) is 0.389. The van der Waals surface area contributed by atoms with Crippen LogP contribution in [0.4, 0.5) is 22.0 Å². The van der Waals surface area contributed by atoms with Gasteiger partial charge in [0.1, 0.15) is 29.7 Å². The van der Waals surface area contributed by atoms with Crippen LogP contribution in [0.3, 0.4) is 0 Å². The van der Waals surface area contributed by atoms with Gasteiger partial charge in [-0.3, -0.25) is 4.79 Å². The van der Waals surface area contributed by atoms with Crippen LogP contribution in [0.2, 0.25) is 10.0 Å². The van der Waals surface area contributed by atoms with Crippen molar-refractivity contribution in [2.24, 2.45) is 0 Å². The van der Waals surface area contributed by atoms with Gasteiger partial charge in [-0.1, -0.05) is 29.3 Å². The molecule has 188 valence electrons. The Labute approximate surface area is 218 Å². The van der Waals surface area contributed by atoms with Gasteiger partial charge in [0, 0.05) is 41.0 Å². The third-order valence-electron chi connectivity index (χ3n) is 5.63. The van der Waals surface area contributed by atoms with Crippen LogP contribution in [0, 0.1) is 0 Å². The number of pyridine rings is 1. The lowest BCUT2D eigenvalue weighted by atomic mass is 10.0. The Bertz CT molecular complexity index is 1240. The number of carbonyl (C=O) groups is 1. The van der Waals surface area contributed by atoms with Gasteiger partial charge in [0.25, 0.3) is 0 Å². The molecular formula is C25H25Cl2FN6O2. The molecule has 8 nitrogen and oxygen atoms in total. The summed E-state index contributed by atoms with van der Waals surface area (Å²) in [5, 5.41) is 7.04. The molecule has 1 aromatic carbocycles. The molecule has 0 spiro atoms. The molecule has 0 aliphatic carbocycles. The highest BCUT2D eigenvalue weighted by molar-refractivity contribution is 6.37. The van der Waals surface area contributed by atoms with Crippen molar-refractivity contribution in [3.63, 3.8) is 0 Å². The van der Waals surface area contributed by atoms with Gasteiger partial charge in [0.05, 0.1) is 6.20 Å². The molecule has 3 heterocycles. The molecule has 0 saturated carbocycles. The topological polar surface area (TPSA) is 92.3 Å². The van der Waals surface area contributed by atoms with Gasteiger partial charge < -0.3 is 20.3 Å². The molecule has 3 aromatic rings. The van der Waals surface area contributed by atoms with E-state index in [0.29, 0.717) is 57.9 Å². The van der Waals surface area contributed by atoms with Crippen LogP contribution in [0.15, 0.2) is 42.7 Å². The summed E-state index contributed by atoms with van der Waals surface area (Å²) < 4.78 is 19.7. The lowest BCUT2D eigenvalue weighted by Gasteiger charge is -2.27. The Balaban J connectivity index is 1.54. The Hall–Kier alpha value is -3.27. The molecule has 1 aliphatic rings. The fraction of sp³-hybridized carbons (Fsp3) is 0.280. The third kappa shape index (κ3) is 6.10. The summed E-state index contributed by atoms with van der Waals surface area (Å²) in [7, 11) is 1.59. The van der Waals surface area contributed by atoms with E-state index in [2.05, 4.69) is 25.6 Å². The summed E-state index contributed by atoms with van der Waals surface area (Å²) >= 11 is 12.7. The van der Waals surface area contributed by atoms with Gasteiger partial charge in [-0.25, -0.2) is 14.4 Å². The summed E-state index contributed by atoms with van der Waals surface area (Å²) in [6, 6.07) is 8.68. The minimum Gasteiger partial charge on any atom is -0.486 e. The number of rotatable bonds is 8. The zero-order valence-corrected chi connectivity index (χ0v) is 21.2. The van der Waals surface area contributed by atoms with Crippen LogP contribution in [0.5, 0.6) is 5.75 Å². The number of nitrogens with one attached hydrogen (secondary N) is 2. The van der Waals surface area contributed by atoms with Crippen molar-refractivity contribution in [1.29, 1.82) is 0 Å². The van der Waals surface area contributed by atoms with Crippen LogP contribution in [-0.4, -0.2) is 53.8 Å². The Kier molecular flexibility index (Phi) is 8.35. The molecule has 2 unspecified atom stereocenters. The molecular weight excluding hydrogens is 506 g/mol. The minimum atomic E-state index is -1.07. The first-order valence-electron chi connectivity index (χ1n) is 11.3. The SMILES string of the molecule is C/C(=C\c1cnc(Nc2ccc(OC3CCNCC3F)cn2)nc1N(C)C=O)c1c(Cl)cccc1Cl. The number of nitrogens with zero attached hydrogens (tertiary/aromatic N) is 4. The first-order chi connectivity index (χ1) is 17.4. The maximum absolute atomic E-state index is 14.0. The number of benzene rings is 1. The number of halogens is 3. The lowest BCUT2D eigenvalue weighted by molar-refractivity contribution is -0.107. The van der Waals surface area contributed by atoms with Crippen molar-refractivity contribution >= 4 is 58.8 Å². The van der Waals surface area contributed by atoms with Crippen molar-refractivity contribution in [1.82, 2.24) is 20.3 Å². The van der Waals surface area contributed by atoms with Crippen molar-refractivity contribution in [2.75, 3.05) is 30.4 Å². The molecule has 2 aromatic heterocycles. The van der Waals surface area contributed by atoms with Crippen LogP contribution in [-0.2, 0) is 4.79 Å². The highest BCUT2D eigenvalue weighted by Crippen LogP contribution is 2.33. The number of anilines is 3. The highest BCUT2D eigenvalue weighted by Gasteiger charge is 2.26. The van der Waals surface area contributed by atoms with E-state index in [0.717, 1.165) is 5.57 Å². The molecule has 0 bridgehead atoms. The molecule has 36 heavy (non-hydrogen) atoms. The normalized spacial score (nSPS) is 18.0. The van der Waals surface area contributed by atoms with Gasteiger partial charge >= 0.3 is 0 Å². The average molecular weight is 531 g/mol. The summed E-state index contributed by atoms with van der Waals surface area (Å²) in [5.74, 6) is 1.57. The van der Waals surface area contributed by atoms with E-state index in [1.165, 1.54) is 11.1 Å². The molecule has 0 radical (unpaired) electrons. The monoisotopic (exact) mass is 530 g/mol. The molecule has 2 atom stereocenters. The van der Waals surface area contributed by atoms with E-state index >= 15 is 0 Å². The standard InChI is InChI=1S/C25H25Cl2FN6O2/c1-15(23-18(26)4-3-5-19(23)27)10-16-11-31-25(33-24(16)34(2)14-35)32-22-7-6-17(12-30-22)36-21-8-9-29-13-20(21)28/h3-7,10-12,14,20-21,29H,8-9,13H2,1-2H3,(H,30,31,32,33)/b15-10+. The molecule has 2 N–H and O–H groups in total. The van der Waals surface area contributed by atoms with Crippen LogP contribution < -0.4 is 20.3 Å². The predicted octanol–water partition coefficient (Wildman–Crippen LogP) is 5.15. The molecule has 1 saturated heterocycles. The maximum Gasteiger partial charge on any atom is 0.230 e. The number of alkyl halides is 1. The number of amides is 1. The van der Waals surface area contributed by atoms with Crippen molar-refractivity contribution in [3.05, 3.63) is 63.9 Å². The van der Waals surface area contributed by atoms with Gasteiger partial charge in [-0.05, 0) is 55.8 Å². The Morgan fingerprint density at radius 1 is 1.22 bits per heavy atom. The number of allylic oxidation sites excluding steroid dienone is 1. The molecule has 11 heteroatoms. The smallest absolute Gasteiger partial charge is 0.230 e. The first-order valence-corrected chi connectivity index (χ1v) is 12.0. The Morgan fingerprint density at radius 2 is 2.00 bits per heavy atom. The van der Waals surface area contributed by atoms with Crippen molar-refractivity contribution in [2.45, 2.75) is 25.6 Å². The summed E-state index contributed by atoms with van der Waals surface area (Å²) in [4.78, 5) is 26.1. The average Bonchev–Trinajstić information content (AvgIpc) is 2.87. The zero-order chi connectivity index (χ0) is 25.7. The molecule has 1 fully saturated rings. The Morgan fingerprint density at radius 3 is 2.67 bits per heavy atom. The fourth-order valence-electron chi connectivity index (χ4n) is 3.80. The number of ether oxygens (including phenoxy) is 1. The van der Waals surface area contributed by atoms with Crippen LogP contribution >= 0.6 is 23.2 Å². The first kappa shape index (κ1) is 25.8. The second kappa shape index (κ2) is 11.6. The summed E-state index contributed by atoms with van der Waals surface area (Å²) in [6.45, 7) is 2.86. The molecule has 4 rings (SSSR count). The zero-order valence-electron chi connectivity index (χ0n) is 19.7. The van der Waals surface area contributed by atoms with Gasteiger partial charge in [-0.2, -0.15) is 4.98 Å². The number of piperidine rings is 1. The van der Waals surface area contributed by atoms with Gasteiger partial charge in [0.15, 0.2) is 0 Å². The van der Waals surface area contributed by atoms with E-state index in [-0.39, 0.29) is 12.5 Å². The number of aromatic nitrogens is 3. The number of hydrogen-bond acceptors (Lipinski definition) is 7. The largest absolute Gasteiger partial charge is 0.486 e. The van der Waals surface area contributed by atoms with Crippen molar-refractivity contribution in [3.8, 4) is 5.75 Å². The van der Waals surface area contributed by atoms with E-state index in [1.807, 2.05) is 13.0 Å². The number of carbonyl (C=O) groups excluding carboxylic acids is 1.